The highest BCUT2D eigenvalue weighted by atomic mass is 16.5. The summed E-state index contributed by atoms with van der Waals surface area (Å²) in [7, 11) is 3.10. The molecule has 0 radical (unpaired) electrons. The van der Waals surface area contributed by atoms with Crippen LogP contribution < -0.4 is 14.4 Å². The Morgan fingerprint density at radius 1 is 0.775 bits per heavy atom. The molecule has 2 N–H and O–H groups in total. The summed E-state index contributed by atoms with van der Waals surface area (Å²) in [5.41, 5.74) is -0.457. The van der Waals surface area contributed by atoms with E-state index in [0.717, 1.165) is 0 Å². The lowest BCUT2D eigenvalue weighted by atomic mass is 9.92. The van der Waals surface area contributed by atoms with E-state index in [1.807, 2.05) is 0 Å². The molecule has 2 atom stereocenters. The molecule has 0 amide bonds. The third-order valence-corrected chi connectivity index (χ3v) is 7.13. The number of hydrogen-bond acceptors (Lipinski definition) is 7. The van der Waals surface area contributed by atoms with Gasteiger partial charge in [0.1, 0.15) is 17.3 Å². The van der Waals surface area contributed by atoms with E-state index in [0.29, 0.717) is 33.9 Å². The Balaban J connectivity index is 1.75. The number of benzene rings is 4. The molecule has 0 aromatic heterocycles. The van der Waals surface area contributed by atoms with Gasteiger partial charge in [0.05, 0.1) is 32.3 Å². The number of carbonyl (C=O) groups excluding carboxylic acids is 2. The molecule has 5 rings (SSSR count). The number of methoxy groups -OCH3 is 2. The zero-order valence-corrected chi connectivity index (χ0v) is 22.2. The van der Waals surface area contributed by atoms with Gasteiger partial charge in [0.2, 0.25) is 11.5 Å². The second-order valence-electron chi connectivity index (χ2n) is 9.48. The van der Waals surface area contributed by atoms with Crippen LogP contribution in [0.5, 0.6) is 11.5 Å². The van der Waals surface area contributed by atoms with Gasteiger partial charge in [-0.3, -0.25) is 9.59 Å². The largest absolute Gasteiger partial charge is 0.507 e. The number of ketones is 2. The molecule has 202 valence electrons. The molecule has 1 heterocycles. The molecule has 0 bridgehead atoms. The van der Waals surface area contributed by atoms with Crippen LogP contribution in [0.4, 0.5) is 5.69 Å². The number of Topliss-reactive ketones (excluding diaryl/α,β-unsaturated/α-hetero) is 2. The molecule has 1 aliphatic heterocycles. The molecule has 4 aromatic carbocycles. The van der Waals surface area contributed by atoms with E-state index in [9.17, 15) is 19.8 Å². The lowest BCUT2D eigenvalue weighted by molar-refractivity contribution is -0.130. The third kappa shape index (κ3) is 4.83. The first-order chi connectivity index (χ1) is 19.4. The van der Waals surface area contributed by atoms with Gasteiger partial charge in [0, 0.05) is 16.8 Å². The van der Waals surface area contributed by atoms with Crippen LogP contribution in [0.2, 0.25) is 0 Å². The highest BCUT2D eigenvalue weighted by molar-refractivity contribution is 6.15. The molecule has 0 saturated carbocycles. The monoisotopic (exact) mass is 535 g/mol. The fraction of sp³-hybridized carbons (Fsp3) is 0.152. The predicted octanol–water partition coefficient (Wildman–Crippen LogP) is 5.77. The lowest BCUT2D eigenvalue weighted by Crippen LogP contribution is -2.51. The third-order valence-electron chi connectivity index (χ3n) is 7.13. The summed E-state index contributed by atoms with van der Waals surface area (Å²) in [4.78, 5) is 29.3. The van der Waals surface area contributed by atoms with Crippen LogP contribution in [0.3, 0.4) is 0 Å². The van der Waals surface area contributed by atoms with Crippen molar-refractivity contribution in [3.8, 4) is 11.5 Å². The Kier molecular flexibility index (Phi) is 7.40. The molecule has 1 saturated heterocycles. The molecule has 0 aliphatic carbocycles. The van der Waals surface area contributed by atoms with Gasteiger partial charge in [-0.05, 0) is 42.0 Å². The summed E-state index contributed by atoms with van der Waals surface area (Å²) in [5.74, 6) is -0.245. The second kappa shape index (κ2) is 11.1. The number of ether oxygens (including phenoxy) is 2. The topological polar surface area (TPSA) is 96.3 Å². The van der Waals surface area contributed by atoms with Crippen molar-refractivity contribution >= 4 is 23.0 Å². The fourth-order valence-corrected chi connectivity index (χ4v) is 5.10. The number of rotatable bonds is 8. The average Bonchev–Trinajstić information content (AvgIpc) is 3.23. The Hall–Kier alpha value is -4.88. The maximum Gasteiger partial charge on any atom is 0.217 e. The Bertz CT molecular complexity index is 1530. The molecule has 7 nitrogen and oxygen atoms in total. The van der Waals surface area contributed by atoms with E-state index in [2.05, 4.69) is 0 Å². The summed E-state index contributed by atoms with van der Waals surface area (Å²) in [6.07, 6.45) is -0.528. The van der Waals surface area contributed by atoms with Gasteiger partial charge >= 0.3 is 0 Å². The van der Waals surface area contributed by atoms with Gasteiger partial charge in [-0.15, -0.1) is 0 Å². The summed E-state index contributed by atoms with van der Waals surface area (Å²) >= 11 is 0. The zero-order valence-electron chi connectivity index (χ0n) is 22.2. The van der Waals surface area contributed by atoms with Gasteiger partial charge in [-0.25, -0.2) is 0 Å². The molecular weight excluding hydrogens is 506 g/mol. The number of aliphatic hydroxyl groups excluding tert-OH is 1. The maximum absolute atomic E-state index is 14.3. The predicted molar refractivity (Wildman–Crippen MR) is 153 cm³/mol. The van der Waals surface area contributed by atoms with Crippen molar-refractivity contribution in [3.63, 3.8) is 0 Å². The van der Waals surface area contributed by atoms with Crippen molar-refractivity contribution in [2.24, 2.45) is 0 Å². The van der Waals surface area contributed by atoms with E-state index in [1.54, 1.807) is 123 Å². The quantitative estimate of drug-likeness (QED) is 0.168. The molecular formula is C33H29NO6. The van der Waals surface area contributed by atoms with Crippen LogP contribution in [0.25, 0.3) is 5.76 Å². The van der Waals surface area contributed by atoms with E-state index in [1.165, 1.54) is 4.90 Å². The summed E-state index contributed by atoms with van der Waals surface area (Å²) in [5, 5.41) is 23.8. The maximum atomic E-state index is 14.3. The minimum atomic E-state index is -2.30. The van der Waals surface area contributed by atoms with E-state index < -0.39 is 29.8 Å². The van der Waals surface area contributed by atoms with Crippen LogP contribution in [-0.2, 0) is 4.79 Å². The molecule has 2 unspecified atom stereocenters. The van der Waals surface area contributed by atoms with Crippen molar-refractivity contribution in [1.29, 1.82) is 0 Å². The fourth-order valence-electron chi connectivity index (χ4n) is 5.10. The molecule has 7 heteroatoms. The molecule has 40 heavy (non-hydrogen) atoms. The lowest BCUT2D eigenvalue weighted by Gasteiger charge is -2.37. The standard InChI is InChI=1S/C33H29NO6/c1-39-26-17-13-23(14-18-26)30-29(31(36)24-11-7-4-8-12-24)32(37)33(38,21-28(35)22-9-5-3-6-10-22)34(30)25-15-19-27(40-2)20-16-25/h3-20,30,36,38H,21H2,1-2H3/b31-29-. The number of anilines is 1. The highest BCUT2D eigenvalue weighted by Crippen LogP contribution is 2.50. The molecule has 0 spiro atoms. The molecule has 4 aromatic rings. The van der Waals surface area contributed by atoms with Crippen molar-refractivity contribution in [2.45, 2.75) is 18.2 Å². The SMILES string of the molecule is COc1ccc(C2/C(=C(/O)c3ccccc3)C(=O)C(O)(CC(=O)c3ccccc3)N2c2ccc(OC)cc2)cc1. The van der Waals surface area contributed by atoms with Crippen molar-refractivity contribution in [3.05, 3.63) is 131 Å². The van der Waals surface area contributed by atoms with E-state index >= 15 is 0 Å². The van der Waals surface area contributed by atoms with Crippen molar-refractivity contribution in [1.82, 2.24) is 0 Å². The molecule has 1 fully saturated rings. The first-order valence-electron chi connectivity index (χ1n) is 12.8. The van der Waals surface area contributed by atoms with Crippen LogP contribution in [0, 0.1) is 0 Å². The van der Waals surface area contributed by atoms with Gasteiger partial charge in [0.15, 0.2) is 5.78 Å². The Morgan fingerprint density at radius 3 is 1.80 bits per heavy atom. The smallest absolute Gasteiger partial charge is 0.217 e. The Morgan fingerprint density at radius 2 is 1.27 bits per heavy atom. The minimum absolute atomic E-state index is 0.0180. The first kappa shape index (κ1) is 26.7. The number of nitrogens with zero attached hydrogens (tertiary/aromatic N) is 1. The average molecular weight is 536 g/mol. The zero-order chi connectivity index (χ0) is 28.3. The summed E-state index contributed by atoms with van der Waals surface area (Å²) in [6.45, 7) is 0. The first-order valence-corrected chi connectivity index (χ1v) is 12.8. The van der Waals surface area contributed by atoms with E-state index in [-0.39, 0.29) is 11.3 Å². The van der Waals surface area contributed by atoms with E-state index in [4.69, 9.17) is 9.47 Å². The van der Waals surface area contributed by atoms with Gasteiger partial charge in [-0.2, -0.15) is 0 Å². The molecule has 1 aliphatic rings. The van der Waals surface area contributed by atoms with Crippen molar-refractivity contribution in [2.75, 3.05) is 19.1 Å². The number of aliphatic hydroxyl groups is 2. The van der Waals surface area contributed by atoms with Crippen LogP contribution in [-0.4, -0.2) is 41.7 Å². The van der Waals surface area contributed by atoms with Gasteiger partial charge in [0.25, 0.3) is 0 Å². The summed E-state index contributed by atoms with van der Waals surface area (Å²) < 4.78 is 10.6. The highest BCUT2D eigenvalue weighted by Gasteiger charge is 2.58. The number of carbonyl (C=O) groups is 2. The van der Waals surface area contributed by atoms with Gasteiger partial charge < -0.3 is 24.6 Å². The van der Waals surface area contributed by atoms with Crippen LogP contribution in [0.1, 0.15) is 33.9 Å². The minimum Gasteiger partial charge on any atom is -0.507 e. The second-order valence-corrected chi connectivity index (χ2v) is 9.48. The Labute approximate surface area is 232 Å². The van der Waals surface area contributed by atoms with Gasteiger partial charge in [-0.1, -0.05) is 72.8 Å². The normalized spacial score (nSPS) is 19.8. The van der Waals surface area contributed by atoms with Crippen molar-refractivity contribution < 1.29 is 29.3 Å². The number of hydrogen-bond donors (Lipinski definition) is 2. The van der Waals surface area contributed by atoms with Crippen LogP contribution >= 0.6 is 0 Å². The summed E-state index contributed by atoms with van der Waals surface area (Å²) in [6, 6.07) is 30.1. The van der Waals surface area contributed by atoms with Crippen LogP contribution in [0.15, 0.2) is 115 Å².